The van der Waals surface area contributed by atoms with E-state index in [1.54, 1.807) is 0 Å². The van der Waals surface area contributed by atoms with Gasteiger partial charge in [-0.05, 0) is 66.4 Å². The van der Waals surface area contributed by atoms with Crippen LogP contribution in [-0.2, 0) is 0 Å². The lowest BCUT2D eigenvalue weighted by atomic mass is 9.73. The van der Waals surface area contributed by atoms with Crippen LogP contribution in [0, 0.1) is 28.6 Å². The van der Waals surface area contributed by atoms with Crippen LogP contribution in [-0.4, -0.2) is 0 Å². The van der Waals surface area contributed by atoms with Gasteiger partial charge in [0.05, 0.1) is 0 Å². The molecule has 1 fully saturated rings. The highest BCUT2D eigenvalue weighted by atomic mass is 14.3. The predicted octanol–water partition coefficient (Wildman–Crippen LogP) is 11.8. The fourth-order valence-corrected chi connectivity index (χ4v) is 5.45. The first-order chi connectivity index (χ1) is 16.2. The van der Waals surface area contributed by atoms with E-state index in [-0.39, 0.29) is 0 Å². The highest BCUT2D eigenvalue weighted by Crippen LogP contribution is 2.38. The lowest BCUT2D eigenvalue weighted by Crippen LogP contribution is -2.20. The highest BCUT2D eigenvalue weighted by Gasteiger charge is 2.25. The smallest absolute Gasteiger partial charge is 0.0118 e. The molecule has 1 rings (SSSR count). The van der Waals surface area contributed by atoms with Gasteiger partial charge in [0.25, 0.3) is 0 Å². The van der Waals surface area contributed by atoms with Crippen molar-refractivity contribution in [3.63, 3.8) is 0 Å². The maximum absolute atomic E-state index is 3.59. The number of unbranched alkanes of at least 4 members (excludes halogenated alkanes) is 2. The fraction of sp³-hybridized carbons (Fsp3) is 0.882. The molecule has 0 nitrogen and oxygen atoms in total. The number of hydrogen-bond donors (Lipinski definition) is 0. The van der Waals surface area contributed by atoms with Gasteiger partial charge in [0.2, 0.25) is 0 Å². The van der Waals surface area contributed by atoms with Gasteiger partial charge in [0.1, 0.15) is 0 Å². The van der Waals surface area contributed by atoms with Gasteiger partial charge >= 0.3 is 0 Å². The zero-order chi connectivity index (χ0) is 25.5. The second kappa shape index (κ2) is 16.9. The Morgan fingerprint density at radius 2 is 1.44 bits per heavy atom. The summed E-state index contributed by atoms with van der Waals surface area (Å²) in [6.45, 7) is 19.1. The molecule has 0 heterocycles. The van der Waals surface area contributed by atoms with Crippen LogP contribution in [0.1, 0.15) is 165 Å². The van der Waals surface area contributed by atoms with Gasteiger partial charge in [-0.2, -0.15) is 0 Å². The fourth-order valence-electron chi connectivity index (χ4n) is 5.45. The molecule has 1 aliphatic carbocycles. The van der Waals surface area contributed by atoms with Gasteiger partial charge in [0.15, 0.2) is 0 Å². The van der Waals surface area contributed by atoms with Crippen LogP contribution in [0.3, 0.4) is 0 Å². The van der Waals surface area contributed by atoms with E-state index in [1.165, 1.54) is 108 Å². The number of rotatable bonds is 19. The van der Waals surface area contributed by atoms with Crippen LogP contribution in [0.25, 0.3) is 0 Å². The molecule has 0 radical (unpaired) electrons. The summed E-state index contributed by atoms with van der Waals surface area (Å²) >= 11 is 0. The Kier molecular flexibility index (Phi) is 15.6. The largest absolute Gasteiger partial charge is 0.0747 e. The summed E-state index contributed by atoms with van der Waals surface area (Å²) in [5.41, 5.74) is 9.34. The van der Waals surface area contributed by atoms with E-state index in [4.69, 9.17) is 0 Å². The van der Waals surface area contributed by atoms with Gasteiger partial charge in [0, 0.05) is 0 Å². The second-order valence-electron chi connectivity index (χ2n) is 12.8. The highest BCUT2D eigenvalue weighted by molar-refractivity contribution is 5.05. The molecule has 0 aromatic rings. The lowest BCUT2D eigenvalue weighted by Gasteiger charge is -2.31. The molecule has 198 valence electrons. The molecule has 1 saturated carbocycles. The van der Waals surface area contributed by atoms with Crippen molar-refractivity contribution in [3.05, 3.63) is 23.1 Å². The third-order valence-corrected chi connectivity index (χ3v) is 10.0. The lowest BCUT2D eigenvalue weighted by molar-refractivity contribution is 0.227. The summed E-state index contributed by atoms with van der Waals surface area (Å²) in [5, 5.41) is 0. The van der Waals surface area contributed by atoms with Gasteiger partial charge in [-0.1, -0.05) is 150 Å². The molecule has 0 saturated heterocycles. The van der Waals surface area contributed by atoms with Crippen LogP contribution in [0.4, 0.5) is 0 Å². The van der Waals surface area contributed by atoms with E-state index in [0.29, 0.717) is 16.7 Å². The standard InChI is InChI=1S/C34H62/c1-9-33(7,10-2)27-17-16-22-30(6)32(28-34(8,11-3)12-4)26-15-13-14-20-29(5)21-18-23-31-24-19-25-31/h17,29,31-32H,9-15,18-21,23-28H2,1-8H3. The zero-order valence-electron chi connectivity index (χ0n) is 24.8. The first-order valence-corrected chi connectivity index (χ1v) is 15.4. The van der Waals surface area contributed by atoms with Crippen LogP contribution in [0.15, 0.2) is 23.1 Å². The topological polar surface area (TPSA) is 0 Å². The summed E-state index contributed by atoms with van der Waals surface area (Å²) in [4.78, 5) is 0. The molecule has 0 aliphatic heterocycles. The van der Waals surface area contributed by atoms with Crippen molar-refractivity contribution >= 4 is 0 Å². The average molecular weight is 471 g/mol. The maximum atomic E-state index is 3.59. The molecule has 0 heteroatoms. The molecule has 0 spiro atoms. The molecule has 1 aliphatic rings. The van der Waals surface area contributed by atoms with Crippen molar-refractivity contribution in [2.75, 3.05) is 0 Å². The van der Waals surface area contributed by atoms with Crippen molar-refractivity contribution in [3.8, 4) is 0 Å². The molecule has 0 amide bonds. The Hall–Kier alpha value is -0.700. The van der Waals surface area contributed by atoms with Crippen molar-refractivity contribution < 1.29 is 0 Å². The van der Waals surface area contributed by atoms with Crippen molar-refractivity contribution in [1.29, 1.82) is 0 Å². The van der Waals surface area contributed by atoms with Gasteiger partial charge < -0.3 is 0 Å². The third-order valence-electron chi connectivity index (χ3n) is 10.0. The SMILES string of the molecule is CCC(C)(CC)CC=C=C=C(C)C(CCCCCC(C)CCCC1CCC1)CC(C)(CC)CC. The first kappa shape index (κ1) is 31.3. The first-order valence-electron chi connectivity index (χ1n) is 15.4. The Balaban J connectivity index is 2.56. The Labute approximate surface area is 216 Å². The maximum Gasteiger partial charge on any atom is -0.0118 e. The minimum Gasteiger partial charge on any atom is -0.0747 e. The second-order valence-corrected chi connectivity index (χ2v) is 12.8. The Morgan fingerprint density at radius 3 is 2.00 bits per heavy atom. The molecule has 0 bridgehead atoms. The minimum atomic E-state index is 0.416. The minimum absolute atomic E-state index is 0.416. The van der Waals surface area contributed by atoms with Gasteiger partial charge in [-0.3, -0.25) is 0 Å². The summed E-state index contributed by atoms with van der Waals surface area (Å²) in [6, 6.07) is 0. The van der Waals surface area contributed by atoms with E-state index in [2.05, 4.69) is 72.9 Å². The van der Waals surface area contributed by atoms with E-state index >= 15 is 0 Å². The summed E-state index contributed by atoms with van der Waals surface area (Å²) in [6.07, 6.45) is 25.6. The zero-order valence-corrected chi connectivity index (χ0v) is 24.8. The van der Waals surface area contributed by atoms with Gasteiger partial charge in [-0.15, -0.1) is 0 Å². The van der Waals surface area contributed by atoms with Crippen molar-refractivity contribution in [2.45, 2.75) is 165 Å². The summed E-state index contributed by atoms with van der Waals surface area (Å²) in [5.74, 6) is 2.67. The summed E-state index contributed by atoms with van der Waals surface area (Å²) < 4.78 is 0. The van der Waals surface area contributed by atoms with E-state index in [0.717, 1.165) is 18.3 Å². The molecule has 0 N–H and O–H groups in total. The molecule has 2 unspecified atom stereocenters. The molecule has 0 aromatic heterocycles. The van der Waals surface area contributed by atoms with Crippen LogP contribution < -0.4 is 0 Å². The predicted molar refractivity (Wildman–Crippen MR) is 154 cm³/mol. The van der Waals surface area contributed by atoms with E-state index in [9.17, 15) is 0 Å². The van der Waals surface area contributed by atoms with Crippen LogP contribution in [0.5, 0.6) is 0 Å². The molecule has 0 aromatic carbocycles. The monoisotopic (exact) mass is 470 g/mol. The van der Waals surface area contributed by atoms with E-state index < -0.39 is 0 Å². The quantitative estimate of drug-likeness (QED) is 0.130. The Bertz CT molecular complexity index is 612. The average Bonchev–Trinajstić information content (AvgIpc) is 2.81. The molecular weight excluding hydrogens is 408 g/mol. The number of hydrogen-bond acceptors (Lipinski definition) is 0. The van der Waals surface area contributed by atoms with E-state index in [1.807, 2.05) is 0 Å². The normalized spacial score (nSPS) is 16.4. The van der Waals surface area contributed by atoms with Crippen molar-refractivity contribution in [2.24, 2.45) is 28.6 Å². The molecular formula is C34H62. The van der Waals surface area contributed by atoms with Gasteiger partial charge in [-0.25, -0.2) is 0 Å². The van der Waals surface area contributed by atoms with Crippen molar-refractivity contribution in [1.82, 2.24) is 0 Å². The van der Waals surface area contributed by atoms with Crippen LogP contribution in [0.2, 0.25) is 0 Å². The summed E-state index contributed by atoms with van der Waals surface area (Å²) in [7, 11) is 0. The third kappa shape index (κ3) is 12.3. The number of allylic oxidation sites excluding steroid dienone is 2. The Morgan fingerprint density at radius 1 is 0.853 bits per heavy atom. The molecule has 34 heavy (non-hydrogen) atoms. The molecule has 2 atom stereocenters. The van der Waals surface area contributed by atoms with Crippen LogP contribution >= 0.6 is 0 Å².